The van der Waals surface area contributed by atoms with E-state index in [0.29, 0.717) is 24.0 Å². The van der Waals surface area contributed by atoms with Crippen LogP contribution in [0.3, 0.4) is 0 Å². The van der Waals surface area contributed by atoms with E-state index in [9.17, 15) is 4.79 Å². The largest absolute Gasteiger partial charge is 0.490 e. The number of carbonyl (C=O) groups is 1. The smallest absolute Gasteiger partial charge is 0.243 e. The van der Waals surface area contributed by atoms with E-state index in [-0.39, 0.29) is 5.54 Å². The Labute approximate surface area is 150 Å². The second kappa shape index (κ2) is 5.73. The van der Waals surface area contributed by atoms with Gasteiger partial charge < -0.3 is 9.64 Å². The Morgan fingerprint density at radius 1 is 1.16 bits per heavy atom. The third-order valence-corrected chi connectivity index (χ3v) is 7.11. The van der Waals surface area contributed by atoms with E-state index in [1.165, 1.54) is 31.2 Å². The van der Waals surface area contributed by atoms with Gasteiger partial charge >= 0.3 is 0 Å². The van der Waals surface area contributed by atoms with Crippen molar-refractivity contribution in [3.05, 3.63) is 29.8 Å². The molecule has 4 heteroatoms. The van der Waals surface area contributed by atoms with Crippen LogP contribution in [0.1, 0.15) is 56.6 Å². The zero-order valence-corrected chi connectivity index (χ0v) is 15.1. The van der Waals surface area contributed by atoms with Gasteiger partial charge in [0, 0.05) is 31.1 Å². The summed E-state index contributed by atoms with van der Waals surface area (Å²) >= 11 is 0. The Balaban J connectivity index is 1.48. The zero-order valence-electron chi connectivity index (χ0n) is 15.1. The number of hydrogen-bond acceptors (Lipinski definition) is 3. The van der Waals surface area contributed by atoms with Crippen LogP contribution in [0.2, 0.25) is 0 Å². The van der Waals surface area contributed by atoms with Crippen LogP contribution >= 0.6 is 0 Å². The highest BCUT2D eigenvalue weighted by Gasteiger charge is 2.64. The number of ether oxygens (including phenoxy) is 1. The molecule has 5 rings (SSSR count). The van der Waals surface area contributed by atoms with Crippen LogP contribution < -0.4 is 4.74 Å². The number of nitrogens with zero attached hydrogens (tertiary/aromatic N) is 2. The first kappa shape index (κ1) is 15.7. The maximum Gasteiger partial charge on any atom is 0.243 e. The summed E-state index contributed by atoms with van der Waals surface area (Å²) in [5.74, 6) is 1.88. The third-order valence-electron chi connectivity index (χ3n) is 7.11. The maximum absolute atomic E-state index is 13.0. The predicted molar refractivity (Wildman–Crippen MR) is 96.5 cm³/mol. The molecular formula is C21H28N2O2. The monoisotopic (exact) mass is 340 g/mol. The van der Waals surface area contributed by atoms with Crippen LogP contribution in [0.5, 0.6) is 5.75 Å². The molecule has 0 radical (unpaired) electrons. The van der Waals surface area contributed by atoms with Crippen molar-refractivity contribution in [1.29, 1.82) is 0 Å². The molecule has 4 nitrogen and oxygen atoms in total. The van der Waals surface area contributed by atoms with E-state index in [2.05, 4.69) is 29.2 Å². The lowest BCUT2D eigenvalue weighted by Crippen LogP contribution is -2.49. The van der Waals surface area contributed by atoms with E-state index < -0.39 is 0 Å². The topological polar surface area (TPSA) is 32.8 Å². The molecule has 0 unspecified atom stereocenters. The summed E-state index contributed by atoms with van der Waals surface area (Å²) in [6.07, 6.45) is 8.56. The SMILES string of the molecule is CN1C[C@@H]2C[C@@H](c3ccccc3OC3CCCC3)N3CCC[C@@]23C1=O. The highest BCUT2D eigenvalue weighted by Crippen LogP contribution is 2.56. The van der Waals surface area contributed by atoms with Crippen molar-refractivity contribution in [2.24, 2.45) is 5.92 Å². The normalized spacial score (nSPS) is 35.4. The zero-order chi connectivity index (χ0) is 17.0. The first-order valence-corrected chi connectivity index (χ1v) is 9.98. The summed E-state index contributed by atoms with van der Waals surface area (Å²) in [5.41, 5.74) is 1.08. The van der Waals surface area contributed by atoms with Gasteiger partial charge in [-0.2, -0.15) is 0 Å². The van der Waals surface area contributed by atoms with Crippen molar-refractivity contribution in [1.82, 2.24) is 9.80 Å². The highest BCUT2D eigenvalue weighted by atomic mass is 16.5. The summed E-state index contributed by atoms with van der Waals surface area (Å²) in [4.78, 5) is 17.5. The number of rotatable bonds is 3. The molecule has 1 amide bonds. The molecule has 3 aliphatic heterocycles. The van der Waals surface area contributed by atoms with Crippen LogP contribution in [0.15, 0.2) is 24.3 Å². The molecule has 25 heavy (non-hydrogen) atoms. The van der Waals surface area contributed by atoms with Crippen LogP contribution in [0.4, 0.5) is 0 Å². The van der Waals surface area contributed by atoms with Crippen molar-refractivity contribution in [3.8, 4) is 5.75 Å². The van der Waals surface area contributed by atoms with Crippen molar-refractivity contribution >= 4 is 5.91 Å². The Bertz CT molecular complexity index is 684. The summed E-state index contributed by atoms with van der Waals surface area (Å²) in [6, 6.07) is 8.92. The first-order valence-electron chi connectivity index (χ1n) is 9.98. The fraction of sp³-hybridized carbons (Fsp3) is 0.667. The van der Waals surface area contributed by atoms with Gasteiger partial charge in [-0.3, -0.25) is 9.69 Å². The number of para-hydroxylation sites is 1. The van der Waals surface area contributed by atoms with E-state index in [1.807, 2.05) is 11.9 Å². The fourth-order valence-corrected chi connectivity index (χ4v) is 6.04. The van der Waals surface area contributed by atoms with E-state index in [1.54, 1.807) is 0 Å². The average Bonchev–Trinajstić information content (AvgIpc) is 3.35. The number of hydrogen-bond donors (Lipinski definition) is 0. The van der Waals surface area contributed by atoms with Gasteiger partial charge in [-0.25, -0.2) is 0 Å². The van der Waals surface area contributed by atoms with E-state index in [0.717, 1.165) is 38.1 Å². The second-order valence-electron chi connectivity index (χ2n) is 8.42. The minimum Gasteiger partial charge on any atom is -0.490 e. The standard InChI is InChI=1S/C21H28N2O2/c1-22-14-15-13-18(23-12-6-11-21(15,23)20(22)24)17-9-4-5-10-19(17)25-16-7-2-3-8-16/h4-5,9-10,15-16,18H,2-3,6-8,11-14H2,1H3/t15-,18-,21-/m0/s1. The molecule has 4 aliphatic rings. The van der Waals surface area contributed by atoms with Gasteiger partial charge in [-0.15, -0.1) is 0 Å². The number of likely N-dealkylation sites (N-methyl/N-ethyl adjacent to an activating group) is 1. The lowest BCUT2D eigenvalue weighted by Gasteiger charge is -2.33. The Kier molecular flexibility index (Phi) is 3.60. The molecule has 0 bridgehead atoms. The van der Waals surface area contributed by atoms with Crippen LogP contribution in [0.25, 0.3) is 0 Å². The minimum absolute atomic E-state index is 0.222. The molecule has 1 spiro atoms. The van der Waals surface area contributed by atoms with E-state index in [4.69, 9.17) is 4.74 Å². The van der Waals surface area contributed by atoms with Crippen molar-refractivity contribution in [2.75, 3.05) is 20.1 Å². The average molecular weight is 340 g/mol. The number of amides is 1. The third kappa shape index (κ3) is 2.19. The summed E-state index contributed by atoms with van der Waals surface area (Å²) in [7, 11) is 1.97. The number of likely N-dealkylation sites (tertiary alicyclic amines) is 1. The molecule has 1 saturated carbocycles. The summed E-state index contributed by atoms with van der Waals surface area (Å²) < 4.78 is 6.41. The first-order chi connectivity index (χ1) is 12.2. The molecule has 1 aromatic rings. The predicted octanol–water partition coefficient (Wildman–Crippen LogP) is 3.38. The Morgan fingerprint density at radius 2 is 1.96 bits per heavy atom. The molecule has 3 heterocycles. The molecule has 1 aromatic carbocycles. The van der Waals surface area contributed by atoms with Gasteiger partial charge in [0.2, 0.25) is 5.91 Å². The van der Waals surface area contributed by atoms with Gasteiger partial charge in [-0.1, -0.05) is 18.2 Å². The van der Waals surface area contributed by atoms with E-state index >= 15 is 0 Å². The lowest BCUT2D eigenvalue weighted by molar-refractivity contribution is -0.135. The Hall–Kier alpha value is -1.55. The molecule has 134 valence electrons. The highest BCUT2D eigenvalue weighted by molar-refractivity contribution is 5.90. The molecule has 1 aliphatic carbocycles. The maximum atomic E-state index is 13.0. The summed E-state index contributed by atoms with van der Waals surface area (Å²) in [5, 5.41) is 0. The Morgan fingerprint density at radius 3 is 2.80 bits per heavy atom. The van der Waals surface area contributed by atoms with Gasteiger partial charge in [0.25, 0.3) is 0 Å². The van der Waals surface area contributed by atoms with Gasteiger partial charge in [0.1, 0.15) is 11.3 Å². The lowest BCUT2D eigenvalue weighted by atomic mass is 9.85. The van der Waals surface area contributed by atoms with Crippen molar-refractivity contribution < 1.29 is 9.53 Å². The quantitative estimate of drug-likeness (QED) is 0.846. The molecule has 0 N–H and O–H groups in total. The van der Waals surface area contributed by atoms with Crippen LogP contribution in [-0.4, -0.2) is 47.5 Å². The fourth-order valence-electron chi connectivity index (χ4n) is 6.04. The summed E-state index contributed by atoms with van der Waals surface area (Å²) in [6.45, 7) is 1.95. The molecule has 3 atom stereocenters. The van der Waals surface area contributed by atoms with Crippen LogP contribution in [0, 0.1) is 5.92 Å². The molecular weight excluding hydrogens is 312 g/mol. The molecule has 4 fully saturated rings. The number of benzene rings is 1. The van der Waals surface area contributed by atoms with Crippen molar-refractivity contribution in [3.63, 3.8) is 0 Å². The van der Waals surface area contributed by atoms with Gasteiger partial charge in [0.15, 0.2) is 0 Å². The van der Waals surface area contributed by atoms with Crippen molar-refractivity contribution in [2.45, 2.75) is 62.6 Å². The second-order valence-corrected chi connectivity index (χ2v) is 8.42. The van der Waals surface area contributed by atoms with Gasteiger partial charge in [0.05, 0.1) is 6.10 Å². The minimum atomic E-state index is -0.222. The number of carbonyl (C=O) groups excluding carboxylic acids is 1. The molecule has 3 saturated heterocycles. The van der Waals surface area contributed by atoms with Gasteiger partial charge in [-0.05, 0) is 57.6 Å². The molecule has 0 aromatic heterocycles. The van der Waals surface area contributed by atoms with Crippen LogP contribution in [-0.2, 0) is 4.79 Å².